The van der Waals surface area contributed by atoms with Gasteiger partial charge in [0.05, 0.1) is 11.6 Å². The van der Waals surface area contributed by atoms with Gasteiger partial charge in [-0.05, 0) is 42.7 Å². The van der Waals surface area contributed by atoms with Gasteiger partial charge in [-0.15, -0.1) is 0 Å². The predicted molar refractivity (Wildman–Crippen MR) is 94.4 cm³/mol. The van der Waals surface area contributed by atoms with Crippen LogP contribution in [-0.4, -0.2) is 24.3 Å². The molecule has 126 valence electrons. The third kappa shape index (κ3) is 1.83. The topological polar surface area (TPSA) is 46.6 Å². The van der Waals surface area contributed by atoms with Crippen molar-refractivity contribution < 1.29 is 14.3 Å². The Balaban J connectivity index is 1.75. The van der Waals surface area contributed by atoms with Gasteiger partial charge in [-0.1, -0.05) is 29.8 Å². The molecule has 3 aliphatic heterocycles. The highest BCUT2D eigenvalue weighted by Gasteiger charge is 2.61. The summed E-state index contributed by atoms with van der Waals surface area (Å²) in [6, 6.07) is 12.6. The average Bonchev–Trinajstić information content (AvgIpc) is 3.11. The van der Waals surface area contributed by atoms with E-state index in [2.05, 4.69) is 4.90 Å². The molecule has 25 heavy (non-hydrogen) atoms. The number of ether oxygens (including phenoxy) is 1. The summed E-state index contributed by atoms with van der Waals surface area (Å²) in [5.74, 6) is -0.224. The first-order chi connectivity index (χ1) is 12.1. The normalized spacial score (nSPS) is 26.9. The van der Waals surface area contributed by atoms with E-state index in [0.29, 0.717) is 22.8 Å². The summed E-state index contributed by atoms with van der Waals surface area (Å²) in [5, 5.41) is 0.599. The van der Waals surface area contributed by atoms with Crippen LogP contribution in [0.4, 0.5) is 5.69 Å². The first kappa shape index (κ1) is 15.0. The maximum atomic E-state index is 13.5. The standard InChI is InChI=1S/C20H16ClNO3/c21-14-6-3-7-15-13(14)11-20(17-9-4-10-22(15)17)18(23)12-5-1-2-8-16(12)25-19(20)24/h1-3,5-8,17H,4,9-11H2/t17-,20-/m1/s1. The molecule has 1 saturated heterocycles. The fourth-order valence-corrected chi connectivity index (χ4v) is 4.90. The van der Waals surface area contributed by atoms with Gasteiger partial charge in [-0.3, -0.25) is 9.59 Å². The van der Waals surface area contributed by atoms with Crippen molar-refractivity contribution in [3.8, 4) is 5.75 Å². The van der Waals surface area contributed by atoms with Crippen molar-refractivity contribution in [1.29, 1.82) is 0 Å². The van der Waals surface area contributed by atoms with Crippen LogP contribution < -0.4 is 9.64 Å². The number of hydrogen-bond donors (Lipinski definition) is 0. The fourth-order valence-electron chi connectivity index (χ4n) is 4.66. The molecule has 5 rings (SSSR count). The molecular weight excluding hydrogens is 338 g/mol. The number of Topliss-reactive ketones (excluding diaryl/α,β-unsaturated/α-hetero) is 1. The predicted octanol–water partition coefficient (Wildman–Crippen LogP) is 3.65. The maximum Gasteiger partial charge on any atom is 0.327 e. The molecule has 0 unspecified atom stereocenters. The third-order valence-corrected chi connectivity index (χ3v) is 6.14. The Labute approximate surface area is 150 Å². The molecule has 5 heteroatoms. The van der Waals surface area contributed by atoms with Crippen LogP contribution in [0.3, 0.4) is 0 Å². The van der Waals surface area contributed by atoms with Crippen LogP contribution in [0.1, 0.15) is 28.8 Å². The molecule has 0 amide bonds. The highest BCUT2D eigenvalue weighted by molar-refractivity contribution is 6.32. The number of fused-ring (bicyclic) bond motifs is 5. The van der Waals surface area contributed by atoms with Gasteiger partial charge in [0.25, 0.3) is 0 Å². The zero-order chi connectivity index (χ0) is 17.2. The number of halogens is 1. The van der Waals surface area contributed by atoms with Gasteiger partial charge < -0.3 is 9.64 Å². The molecule has 0 aromatic heterocycles. The lowest BCUT2D eigenvalue weighted by atomic mass is 9.66. The van der Waals surface area contributed by atoms with Crippen molar-refractivity contribution in [2.45, 2.75) is 25.3 Å². The number of esters is 1. The Hall–Kier alpha value is -2.33. The van der Waals surface area contributed by atoms with E-state index in [0.717, 1.165) is 30.6 Å². The Bertz CT molecular complexity index is 925. The summed E-state index contributed by atoms with van der Waals surface area (Å²) in [7, 11) is 0. The monoisotopic (exact) mass is 353 g/mol. The highest BCUT2D eigenvalue weighted by atomic mass is 35.5. The number of carbonyl (C=O) groups is 2. The largest absolute Gasteiger partial charge is 0.425 e. The molecule has 1 fully saturated rings. The molecule has 2 aromatic carbocycles. The van der Waals surface area contributed by atoms with Crippen molar-refractivity contribution in [3.05, 3.63) is 58.6 Å². The lowest BCUT2D eigenvalue weighted by Crippen LogP contribution is -2.61. The minimum Gasteiger partial charge on any atom is -0.425 e. The van der Waals surface area contributed by atoms with Gasteiger partial charge >= 0.3 is 5.97 Å². The van der Waals surface area contributed by atoms with Crippen molar-refractivity contribution >= 4 is 29.0 Å². The summed E-state index contributed by atoms with van der Waals surface area (Å²) >= 11 is 6.44. The van der Waals surface area contributed by atoms with Crippen LogP contribution >= 0.6 is 11.6 Å². The average molecular weight is 354 g/mol. The van der Waals surface area contributed by atoms with E-state index in [1.165, 1.54) is 0 Å². The van der Waals surface area contributed by atoms with Crippen LogP contribution in [0, 0.1) is 5.41 Å². The van der Waals surface area contributed by atoms with Crippen molar-refractivity contribution in [1.82, 2.24) is 0 Å². The summed E-state index contributed by atoms with van der Waals surface area (Å²) < 4.78 is 5.63. The molecule has 0 bridgehead atoms. The second-order valence-corrected chi connectivity index (χ2v) is 7.36. The second kappa shape index (κ2) is 5.09. The summed E-state index contributed by atoms with van der Waals surface area (Å²) in [5.41, 5.74) is 1.19. The van der Waals surface area contributed by atoms with Gasteiger partial charge in [-0.25, -0.2) is 0 Å². The summed E-state index contributed by atoms with van der Waals surface area (Å²) in [6.07, 6.45) is 2.05. The molecule has 1 spiro atoms. The number of hydrogen-bond acceptors (Lipinski definition) is 4. The van der Waals surface area contributed by atoms with E-state index >= 15 is 0 Å². The molecule has 0 aliphatic carbocycles. The number of nitrogens with zero attached hydrogens (tertiary/aromatic N) is 1. The number of rotatable bonds is 0. The van der Waals surface area contributed by atoms with Gasteiger partial charge in [0.1, 0.15) is 5.75 Å². The second-order valence-electron chi connectivity index (χ2n) is 6.95. The Morgan fingerprint density at radius 1 is 1.12 bits per heavy atom. The number of para-hydroxylation sites is 1. The van der Waals surface area contributed by atoms with E-state index in [-0.39, 0.29) is 11.8 Å². The molecule has 0 N–H and O–H groups in total. The molecule has 4 nitrogen and oxygen atoms in total. The van der Waals surface area contributed by atoms with Gasteiger partial charge in [0, 0.05) is 23.7 Å². The van der Waals surface area contributed by atoms with E-state index in [4.69, 9.17) is 16.3 Å². The minimum atomic E-state index is -1.21. The first-order valence-electron chi connectivity index (χ1n) is 8.53. The number of anilines is 1. The van der Waals surface area contributed by atoms with Crippen molar-refractivity contribution in [2.75, 3.05) is 11.4 Å². The Morgan fingerprint density at radius 3 is 2.84 bits per heavy atom. The zero-order valence-electron chi connectivity index (χ0n) is 13.5. The lowest BCUT2D eigenvalue weighted by molar-refractivity contribution is -0.145. The fraction of sp³-hybridized carbons (Fsp3) is 0.300. The Morgan fingerprint density at radius 2 is 1.96 bits per heavy atom. The SMILES string of the molecule is O=C1Oc2ccccc2C(=O)[C@]12Cc1c(Cl)cccc1N1CCC[C@@H]12. The molecule has 0 radical (unpaired) electrons. The van der Waals surface area contributed by atoms with Crippen LogP contribution in [0.15, 0.2) is 42.5 Å². The van der Waals surface area contributed by atoms with Crippen LogP contribution in [0.25, 0.3) is 0 Å². The van der Waals surface area contributed by atoms with Crippen LogP contribution in [0.2, 0.25) is 5.02 Å². The Kier molecular flexibility index (Phi) is 3.04. The molecule has 3 heterocycles. The van der Waals surface area contributed by atoms with E-state index < -0.39 is 11.4 Å². The van der Waals surface area contributed by atoms with Gasteiger partial charge in [-0.2, -0.15) is 0 Å². The van der Waals surface area contributed by atoms with Gasteiger partial charge in [0.15, 0.2) is 11.2 Å². The van der Waals surface area contributed by atoms with Crippen molar-refractivity contribution in [2.24, 2.45) is 5.41 Å². The third-order valence-electron chi connectivity index (χ3n) is 5.78. The number of carbonyl (C=O) groups excluding carboxylic acids is 2. The molecule has 3 aliphatic rings. The highest BCUT2D eigenvalue weighted by Crippen LogP contribution is 2.52. The molecule has 2 aromatic rings. The van der Waals surface area contributed by atoms with E-state index in [1.54, 1.807) is 24.3 Å². The zero-order valence-corrected chi connectivity index (χ0v) is 14.3. The molecule has 2 atom stereocenters. The maximum absolute atomic E-state index is 13.5. The summed E-state index contributed by atoms with van der Waals surface area (Å²) in [4.78, 5) is 28.8. The van der Waals surface area contributed by atoms with E-state index in [9.17, 15) is 9.59 Å². The van der Waals surface area contributed by atoms with E-state index in [1.807, 2.05) is 18.2 Å². The number of ketones is 1. The molecular formula is C20H16ClNO3. The number of benzene rings is 2. The van der Waals surface area contributed by atoms with Crippen molar-refractivity contribution in [3.63, 3.8) is 0 Å². The quantitative estimate of drug-likeness (QED) is 0.412. The first-order valence-corrected chi connectivity index (χ1v) is 8.91. The minimum absolute atomic E-state index is 0.137. The van der Waals surface area contributed by atoms with Crippen LogP contribution in [-0.2, 0) is 11.2 Å². The molecule has 0 saturated carbocycles. The van der Waals surface area contributed by atoms with Gasteiger partial charge in [0.2, 0.25) is 0 Å². The lowest BCUT2D eigenvalue weighted by Gasteiger charge is -2.47. The summed E-state index contributed by atoms with van der Waals surface area (Å²) in [6.45, 7) is 0.821. The van der Waals surface area contributed by atoms with Crippen LogP contribution in [0.5, 0.6) is 5.75 Å². The smallest absolute Gasteiger partial charge is 0.327 e.